The Balaban J connectivity index is 7.61. The molecule has 0 aliphatic carbocycles. The van der Waals surface area contributed by atoms with E-state index >= 15 is 0 Å². The molecular formula is C83H144N24O37. The van der Waals surface area contributed by atoms with Crippen LogP contribution in [0.2, 0.25) is 0 Å². The van der Waals surface area contributed by atoms with E-state index in [9.17, 15) is 38.4 Å². The number of hydrogen-bond acceptors (Lipinski definition) is 45. The van der Waals surface area contributed by atoms with Crippen LogP contribution in [0.1, 0.15) is 165 Å². The Morgan fingerprint density at radius 2 is 0.319 bits per heavy atom. The predicted molar refractivity (Wildman–Crippen MR) is 500 cm³/mol. The molecule has 144 heavy (non-hydrogen) atoms. The highest BCUT2D eigenvalue weighted by atomic mass is 16.8. The number of hydrogen-bond donors (Lipinski definition) is 0. The second-order valence-electron chi connectivity index (χ2n) is 31.1. The molecule has 0 bridgehead atoms. The Morgan fingerprint density at radius 1 is 0.181 bits per heavy atom. The highest BCUT2D eigenvalue weighted by Crippen LogP contribution is 2.16. The Kier molecular flexibility index (Phi) is 88.0. The summed E-state index contributed by atoms with van der Waals surface area (Å²) < 4.78 is 165. The van der Waals surface area contributed by atoms with Crippen molar-refractivity contribution < 1.29 is 176 Å². The SMILES string of the molecule is CC(CCCN=[N+]=[N-])OC(=O)OCCCOCC(COCC(COCC(COCC(COCC(COCC(COCCOC(=O)OC(C)CCCN=[N+]=[N-])OCCOC(=O)OC(C)CCCN=[N+]=[N-])OCCOC(=O)OC(C)CCCN=[N+]=[N-])OCCOC(=O)OC(C)CCCN=[N+]=[N-])OCCOC(=O)OC(C)CCCN=[N+]=[N-])OCCOC(=O)OC(C)CCCN=[N+]=[N-])OCCOC(=O)OC(C)CCCN=[N+]=[N-]. The highest BCUT2D eigenvalue weighted by Gasteiger charge is 2.26. The lowest BCUT2D eigenvalue weighted by Crippen LogP contribution is -2.36. The first kappa shape index (κ1) is 132. The van der Waals surface area contributed by atoms with Crippen molar-refractivity contribution in [3.05, 3.63) is 83.5 Å². The summed E-state index contributed by atoms with van der Waals surface area (Å²) in [5.41, 5.74) is 69.2. The van der Waals surface area contributed by atoms with Crippen molar-refractivity contribution in [3.63, 3.8) is 0 Å². The maximum Gasteiger partial charge on any atom is 0.508 e. The van der Waals surface area contributed by atoms with Crippen LogP contribution in [0.4, 0.5) is 38.4 Å². The van der Waals surface area contributed by atoms with E-state index in [0.29, 0.717) is 103 Å². The standard InChI is InChI=1S/C83H144N24O37/c1-62(18-9-26-92-100-84)137-76(108)129-35-17-34-116-50-70(123-38-44-131-78(110)139-64(3)20-11-28-94-102-86)52-118-54-72(125-40-46-133-80(112)141-66(5)22-13-30-96-104-88)56-120-58-74(127-42-48-135-82(114)143-68(7)24-15-32-98-106-90)60-122-61-75(128-43-49-136-83(115)144-69(8)25-16-33-99-107-91)59-121-57-73(126-41-47-134-81(113)142-67(6)23-14-31-97-105-89)55-119-53-71(124-39-45-132-79(111)140-65(4)21-12-29-95-103-87)51-117-36-37-130-77(109)138-63(2)19-10-27-93-101-85/h62-75H,9-61H2,1-8H3. The summed E-state index contributed by atoms with van der Waals surface area (Å²) in [7, 11) is 0. The van der Waals surface area contributed by atoms with Crippen LogP contribution in [-0.2, 0) is 137 Å². The van der Waals surface area contributed by atoms with E-state index in [-0.39, 0.29) is 244 Å². The summed E-state index contributed by atoms with van der Waals surface area (Å²) in [6.07, 6.45) is -11.8. The van der Waals surface area contributed by atoms with Gasteiger partial charge in [0.1, 0.15) is 132 Å². The van der Waals surface area contributed by atoms with Crippen molar-refractivity contribution in [1.29, 1.82) is 0 Å². The van der Waals surface area contributed by atoms with Gasteiger partial charge in [-0.15, -0.1) is 0 Å². The summed E-state index contributed by atoms with van der Waals surface area (Å²) in [6, 6.07) is 0. The molecule has 61 nitrogen and oxygen atoms in total. The maximum absolute atomic E-state index is 12.9. The Labute approximate surface area is 833 Å². The van der Waals surface area contributed by atoms with Crippen LogP contribution in [0.15, 0.2) is 40.9 Å². The Morgan fingerprint density at radius 3 is 0.479 bits per heavy atom. The zero-order chi connectivity index (χ0) is 106. The first-order chi connectivity index (χ1) is 69.8. The minimum atomic E-state index is -1.03. The largest absolute Gasteiger partial charge is 0.508 e. The average molecular weight is 2070 g/mol. The number of carbonyl (C=O) groups is 8. The first-order valence-corrected chi connectivity index (χ1v) is 47.3. The quantitative estimate of drug-likeness (QED) is 0.0136. The summed E-state index contributed by atoms with van der Waals surface area (Å²) in [6.45, 7) is 7.71. The van der Waals surface area contributed by atoms with Crippen LogP contribution in [0, 0.1) is 0 Å². The molecule has 0 aromatic carbocycles. The normalized spacial score (nSPS) is 13.7. The monoisotopic (exact) mass is 2070 g/mol. The number of rotatable bonds is 95. The zero-order valence-corrected chi connectivity index (χ0v) is 83.4. The molecule has 0 fully saturated rings. The average Bonchev–Trinajstić information content (AvgIpc) is 0.939. The van der Waals surface area contributed by atoms with Gasteiger partial charge in [-0.2, -0.15) is 0 Å². The summed E-state index contributed by atoms with van der Waals surface area (Å²) >= 11 is 0. The minimum absolute atomic E-state index is 0.0493. The van der Waals surface area contributed by atoms with Crippen LogP contribution in [0.25, 0.3) is 83.5 Å². The van der Waals surface area contributed by atoms with Gasteiger partial charge < -0.3 is 137 Å². The molecule has 0 N–H and O–H groups in total. The van der Waals surface area contributed by atoms with Crippen LogP contribution in [-0.4, -0.2) is 372 Å². The van der Waals surface area contributed by atoms with E-state index in [0.717, 1.165) is 0 Å². The molecule has 0 aliphatic heterocycles. The van der Waals surface area contributed by atoms with E-state index < -0.39 is 135 Å². The Hall–Kier alpha value is -11.9. The number of azide groups is 8. The van der Waals surface area contributed by atoms with Gasteiger partial charge in [-0.1, -0.05) is 40.9 Å². The van der Waals surface area contributed by atoms with Crippen LogP contribution < -0.4 is 0 Å². The lowest BCUT2D eigenvalue weighted by atomic mass is 10.2. The van der Waals surface area contributed by atoms with E-state index in [4.69, 9.17) is 182 Å². The third-order valence-corrected chi connectivity index (χ3v) is 18.5. The first-order valence-electron chi connectivity index (χ1n) is 47.3. The topological polar surface area (TPSA) is 794 Å². The molecule has 0 radical (unpaired) electrons. The van der Waals surface area contributed by atoms with Crippen LogP contribution in [0.5, 0.6) is 0 Å². The van der Waals surface area contributed by atoms with Gasteiger partial charge in [-0.05, 0) is 202 Å². The van der Waals surface area contributed by atoms with Crippen molar-refractivity contribution in [2.45, 2.75) is 250 Å². The van der Waals surface area contributed by atoms with Crippen LogP contribution in [0.3, 0.4) is 0 Å². The van der Waals surface area contributed by atoms with Gasteiger partial charge in [-0.3, -0.25) is 0 Å². The van der Waals surface area contributed by atoms with E-state index in [2.05, 4.69) is 80.2 Å². The van der Waals surface area contributed by atoms with Gasteiger partial charge in [0.2, 0.25) is 0 Å². The molecule has 61 heteroatoms. The molecule has 14 atom stereocenters. The fourth-order valence-corrected chi connectivity index (χ4v) is 11.5. The zero-order valence-electron chi connectivity index (χ0n) is 83.4. The smallest absolute Gasteiger partial charge is 0.434 e. The molecule has 0 rings (SSSR count). The number of ether oxygens (including phenoxy) is 29. The number of nitrogens with zero attached hydrogens (tertiary/aromatic N) is 24. The third kappa shape index (κ3) is 87.9. The van der Waals surface area contributed by atoms with Crippen LogP contribution >= 0.6 is 0 Å². The van der Waals surface area contributed by atoms with Crippen molar-refractivity contribution in [3.8, 4) is 0 Å². The molecule has 0 aromatic heterocycles. The molecule has 0 heterocycles. The molecular weight excluding hydrogens is 1930 g/mol. The molecule has 0 saturated heterocycles. The van der Waals surface area contributed by atoms with Gasteiger partial charge in [0.25, 0.3) is 0 Å². The molecule has 0 amide bonds. The summed E-state index contributed by atoms with van der Waals surface area (Å²) in [5.74, 6) is 0. The fourth-order valence-electron chi connectivity index (χ4n) is 11.5. The molecule has 14 unspecified atom stereocenters. The second-order valence-corrected chi connectivity index (χ2v) is 31.1. The molecule has 0 aliphatic rings. The Bertz CT molecular complexity index is 3810. The summed E-state index contributed by atoms with van der Waals surface area (Å²) in [4.78, 5) is 123. The van der Waals surface area contributed by atoms with E-state index in [1.807, 2.05) is 0 Å². The highest BCUT2D eigenvalue weighted by molar-refractivity contribution is 5.62. The lowest BCUT2D eigenvalue weighted by molar-refractivity contribution is -0.129. The van der Waals surface area contributed by atoms with E-state index in [1.165, 1.54) is 0 Å². The maximum atomic E-state index is 12.9. The second kappa shape index (κ2) is 95.9. The number of carbonyl (C=O) groups excluding carboxylic acids is 8. The minimum Gasteiger partial charge on any atom is -0.434 e. The van der Waals surface area contributed by atoms with Crippen molar-refractivity contribution in [2.75, 3.05) is 237 Å². The van der Waals surface area contributed by atoms with Gasteiger partial charge >= 0.3 is 49.2 Å². The molecule has 0 aromatic rings. The van der Waals surface area contributed by atoms with Crippen molar-refractivity contribution in [1.82, 2.24) is 0 Å². The van der Waals surface area contributed by atoms with Gasteiger partial charge in [0.05, 0.1) is 132 Å². The van der Waals surface area contributed by atoms with Crippen molar-refractivity contribution >= 4 is 49.2 Å². The van der Waals surface area contributed by atoms with Gasteiger partial charge in [0.15, 0.2) is 0 Å². The van der Waals surface area contributed by atoms with Gasteiger partial charge in [0, 0.05) is 105 Å². The van der Waals surface area contributed by atoms with Crippen molar-refractivity contribution in [2.24, 2.45) is 40.9 Å². The lowest BCUT2D eigenvalue weighted by Gasteiger charge is -2.24. The molecule has 818 valence electrons. The molecule has 0 saturated carbocycles. The van der Waals surface area contributed by atoms with Gasteiger partial charge in [-0.25, -0.2) is 38.4 Å². The summed E-state index contributed by atoms with van der Waals surface area (Å²) in [5, 5.41) is 27.9. The fraction of sp³-hybridized carbons (Fsp3) is 0.904. The van der Waals surface area contributed by atoms with E-state index in [1.54, 1.807) is 55.4 Å². The predicted octanol–water partition coefficient (Wildman–Crippen LogP) is 16.9. The third-order valence-electron chi connectivity index (χ3n) is 18.5. The molecule has 0 spiro atoms.